The molecular formula is C37H32ClF7N2O6S. The molecule has 0 radical (unpaired) electrons. The quantitative estimate of drug-likeness (QED) is 0.0582. The van der Waals surface area contributed by atoms with Gasteiger partial charge in [0.05, 0.1) is 19.7 Å². The maximum absolute atomic E-state index is 16.1. The number of sulfonamides is 1. The van der Waals surface area contributed by atoms with E-state index in [0.717, 1.165) is 66.0 Å². The van der Waals surface area contributed by atoms with Gasteiger partial charge in [-0.25, -0.2) is 39.2 Å². The Morgan fingerprint density at radius 3 is 1.93 bits per heavy atom. The first-order valence-electron chi connectivity index (χ1n) is 16.7. The molecule has 0 aliphatic heterocycles. The molecule has 6 rings (SSSR count). The molecule has 2 aliphatic rings. The Labute approximate surface area is 310 Å². The molecule has 0 saturated heterocycles. The Hall–Kier alpha value is -4.22. The average molecular weight is 801 g/mol. The highest BCUT2D eigenvalue weighted by Crippen LogP contribution is 2.46. The molecule has 2 N–H and O–H groups in total. The minimum absolute atomic E-state index is 0.0695. The number of aliphatic hydroxyl groups is 2. The minimum atomic E-state index is -5.86. The van der Waals surface area contributed by atoms with Crippen LogP contribution in [0.5, 0.6) is 5.75 Å². The Morgan fingerprint density at radius 2 is 1.41 bits per heavy atom. The molecule has 17 heteroatoms. The lowest BCUT2D eigenvalue weighted by Gasteiger charge is -2.30. The highest BCUT2D eigenvalue weighted by atomic mass is 35.5. The number of hydrogen-bond acceptors (Lipinski definition) is 6. The van der Waals surface area contributed by atoms with Gasteiger partial charge in [-0.1, -0.05) is 35.9 Å². The number of halogens is 8. The summed E-state index contributed by atoms with van der Waals surface area (Å²) in [6, 6.07) is 10.0. The number of anilines is 1. The SMILES string of the molecule is CCOc1cc(C(O)O)cc(F)c1N(Cc1cc(C2CC2)cc(C2CC2)c1)C(=O)CN(Cc1ccc(F)cc1Cl)S(=O)(=O)c1c(F)c(F)c(F)c(F)c1F. The van der Waals surface area contributed by atoms with Gasteiger partial charge in [0, 0.05) is 17.1 Å². The fourth-order valence-corrected chi connectivity index (χ4v) is 7.84. The minimum Gasteiger partial charge on any atom is -0.492 e. The van der Waals surface area contributed by atoms with Crippen LogP contribution >= 0.6 is 11.6 Å². The standard InChI is InChI=1S/C37H32ClF7N2O6S/c1-2-53-28-13-24(37(49)50)12-27(40)35(28)47(15-18-9-22(19-3-4-19)11-23(10-18)20-5-6-20)29(48)17-46(16-21-7-8-25(39)14-26(21)38)54(51,52)36-33(44)31(42)30(41)32(43)34(36)45/h7-14,19-20,37,49-50H,2-6,15-17H2,1H3. The van der Waals surface area contributed by atoms with E-state index in [4.69, 9.17) is 16.3 Å². The fourth-order valence-electron chi connectivity index (χ4n) is 6.13. The molecule has 2 fully saturated rings. The first-order chi connectivity index (χ1) is 25.5. The number of rotatable bonds is 14. The molecule has 0 aromatic heterocycles. The average Bonchev–Trinajstić information content (AvgIpc) is 4.04. The molecule has 0 bridgehead atoms. The summed E-state index contributed by atoms with van der Waals surface area (Å²) in [7, 11) is -5.86. The summed E-state index contributed by atoms with van der Waals surface area (Å²) in [5.74, 6) is -16.4. The first kappa shape index (κ1) is 39.5. The molecule has 0 unspecified atom stereocenters. The summed E-state index contributed by atoms with van der Waals surface area (Å²) in [4.78, 5) is 13.0. The molecule has 0 atom stereocenters. The number of aliphatic hydroxyl groups excluding tert-OH is 1. The Bertz CT molecular complexity index is 2180. The van der Waals surface area contributed by atoms with Crippen molar-refractivity contribution in [2.45, 2.75) is 68.7 Å². The third-order valence-corrected chi connectivity index (χ3v) is 11.3. The summed E-state index contributed by atoms with van der Waals surface area (Å²) in [5, 5.41) is 19.2. The van der Waals surface area contributed by atoms with Gasteiger partial charge in [0.25, 0.3) is 0 Å². The van der Waals surface area contributed by atoms with Gasteiger partial charge in [-0.2, -0.15) is 4.31 Å². The lowest BCUT2D eigenvalue weighted by atomic mass is 9.99. The van der Waals surface area contributed by atoms with Crippen molar-refractivity contribution in [1.82, 2.24) is 4.31 Å². The number of amides is 1. The van der Waals surface area contributed by atoms with Gasteiger partial charge in [0.2, 0.25) is 21.7 Å². The molecule has 288 valence electrons. The summed E-state index contributed by atoms with van der Waals surface area (Å²) >= 11 is 6.13. The van der Waals surface area contributed by atoms with Crippen LogP contribution in [0.1, 0.15) is 78.6 Å². The van der Waals surface area contributed by atoms with E-state index in [-0.39, 0.29) is 39.6 Å². The Balaban J connectivity index is 1.50. The monoisotopic (exact) mass is 800 g/mol. The molecule has 1 amide bonds. The second kappa shape index (κ2) is 15.5. The van der Waals surface area contributed by atoms with Crippen molar-refractivity contribution in [3.05, 3.63) is 122 Å². The van der Waals surface area contributed by atoms with E-state index in [9.17, 15) is 41.0 Å². The number of ether oxygens (including phenoxy) is 1. The predicted molar refractivity (Wildman–Crippen MR) is 182 cm³/mol. The third kappa shape index (κ3) is 8.08. The van der Waals surface area contributed by atoms with Crippen LogP contribution in [0.25, 0.3) is 0 Å². The van der Waals surface area contributed by atoms with E-state index in [1.54, 1.807) is 12.1 Å². The largest absolute Gasteiger partial charge is 0.492 e. The van der Waals surface area contributed by atoms with E-state index in [1.165, 1.54) is 6.92 Å². The summed E-state index contributed by atoms with van der Waals surface area (Å²) in [6.07, 6.45) is 1.50. The number of carbonyl (C=O) groups excluding carboxylic acids is 1. The van der Waals surface area contributed by atoms with E-state index < -0.39 is 98.2 Å². The number of benzene rings is 4. The lowest BCUT2D eigenvalue weighted by molar-refractivity contribution is -0.119. The van der Waals surface area contributed by atoms with Crippen molar-refractivity contribution < 1.29 is 58.9 Å². The van der Waals surface area contributed by atoms with Crippen molar-refractivity contribution in [3.8, 4) is 5.75 Å². The normalized spacial score (nSPS) is 14.6. The van der Waals surface area contributed by atoms with E-state index in [2.05, 4.69) is 6.07 Å². The zero-order chi connectivity index (χ0) is 39.2. The maximum atomic E-state index is 16.1. The number of nitrogens with zero attached hydrogens (tertiary/aromatic N) is 2. The Morgan fingerprint density at radius 1 is 0.833 bits per heavy atom. The molecular weight excluding hydrogens is 769 g/mol. The molecule has 0 heterocycles. The summed E-state index contributed by atoms with van der Waals surface area (Å²) < 4.78 is 137. The topological polar surface area (TPSA) is 107 Å². The van der Waals surface area contributed by atoms with Crippen LogP contribution < -0.4 is 9.64 Å². The van der Waals surface area contributed by atoms with Crippen molar-refractivity contribution in [3.63, 3.8) is 0 Å². The van der Waals surface area contributed by atoms with E-state index in [1.807, 2.05) is 0 Å². The number of carbonyl (C=O) groups is 1. The Kier molecular flexibility index (Phi) is 11.3. The van der Waals surface area contributed by atoms with E-state index >= 15 is 13.2 Å². The van der Waals surface area contributed by atoms with Gasteiger partial charge in [0.15, 0.2) is 40.3 Å². The van der Waals surface area contributed by atoms with Crippen molar-refractivity contribution in [1.29, 1.82) is 0 Å². The third-order valence-electron chi connectivity index (χ3n) is 9.14. The van der Waals surface area contributed by atoms with Crippen LogP contribution in [-0.2, 0) is 27.9 Å². The van der Waals surface area contributed by atoms with Crippen LogP contribution in [0, 0.1) is 40.7 Å². The second-order valence-corrected chi connectivity index (χ2v) is 15.4. The molecule has 2 saturated carbocycles. The molecule has 4 aromatic carbocycles. The highest BCUT2D eigenvalue weighted by Gasteiger charge is 2.40. The molecule has 0 spiro atoms. The van der Waals surface area contributed by atoms with Gasteiger partial charge < -0.3 is 19.8 Å². The van der Waals surface area contributed by atoms with Crippen molar-refractivity contribution in [2.24, 2.45) is 0 Å². The van der Waals surface area contributed by atoms with Crippen LogP contribution in [-0.4, -0.2) is 42.0 Å². The zero-order valence-corrected chi connectivity index (χ0v) is 29.9. The molecule has 2 aliphatic carbocycles. The predicted octanol–water partition coefficient (Wildman–Crippen LogP) is 7.87. The molecule has 8 nitrogen and oxygen atoms in total. The van der Waals surface area contributed by atoms with E-state index in [0.29, 0.717) is 11.6 Å². The smallest absolute Gasteiger partial charge is 0.249 e. The van der Waals surface area contributed by atoms with Gasteiger partial charge in [-0.05, 0) is 91.0 Å². The summed E-state index contributed by atoms with van der Waals surface area (Å²) in [6.45, 7) is -1.51. The highest BCUT2D eigenvalue weighted by molar-refractivity contribution is 7.89. The lowest BCUT2D eigenvalue weighted by Crippen LogP contribution is -2.43. The van der Waals surface area contributed by atoms with Gasteiger partial charge in [-0.15, -0.1) is 0 Å². The second-order valence-electron chi connectivity index (χ2n) is 13.1. The van der Waals surface area contributed by atoms with Gasteiger partial charge >= 0.3 is 0 Å². The van der Waals surface area contributed by atoms with Gasteiger partial charge in [0.1, 0.15) is 17.3 Å². The van der Waals surface area contributed by atoms with Crippen molar-refractivity contribution in [2.75, 3.05) is 18.1 Å². The summed E-state index contributed by atoms with van der Waals surface area (Å²) in [5.41, 5.74) is 1.24. The van der Waals surface area contributed by atoms with Crippen LogP contribution in [0.3, 0.4) is 0 Å². The van der Waals surface area contributed by atoms with Crippen LogP contribution in [0.15, 0.2) is 53.4 Å². The molecule has 54 heavy (non-hydrogen) atoms. The van der Waals surface area contributed by atoms with Crippen molar-refractivity contribution >= 4 is 33.2 Å². The zero-order valence-electron chi connectivity index (χ0n) is 28.4. The first-order valence-corrected chi connectivity index (χ1v) is 18.6. The van der Waals surface area contributed by atoms with Gasteiger partial charge in [-0.3, -0.25) is 4.79 Å². The molecule has 4 aromatic rings. The maximum Gasteiger partial charge on any atom is 0.249 e. The van der Waals surface area contributed by atoms with Crippen LogP contribution in [0.4, 0.5) is 36.4 Å². The van der Waals surface area contributed by atoms with Crippen LogP contribution in [0.2, 0.25) is 5.02 Å². The number of hydrogen-bond donors (Lipinski definition) is 2. The fraction of sp³-hybridized carbons (Fsp3) is 0.324.